The van der Waals surface area contributed by atoms with Gasteiger partial charge in [0.05, 0.1) is 12.4 Å². The molecule has 0 aliphatic carbocycles. The predicted molar refractivity (Wildman–Crippen MR) is 65.1 cm³/mol. The Morgan fingerprint density at radius 1 is 1.29 bits per heavy atom. The molecule has 1 aromatic carbocycles. The van der Waals surface area contributed by atoms with Crippen LogP contribution in [-0.4, -0.2) is 17.8 Å². The first-order chi connectivity index (χ1) is 8.24. The molecule has 0 amide bonds. The first-order valence-electron chi connectivity index (χ1n) is 5.64. The highest BCUT2D eigenvalue weighted by Crippen LogP contribution is 2.13. The molecular weight excluding hydrogens is 216 g/mol. The Balaban J connectivity index is 1.82. The third-order valence-corrected chi connectivity index (χ3v) is 2.45. The van der Waals surface area contributed by atoms with Gasteiger partial charge in [-0.1, -0.05) is 12.1 Å². The molecule has 3 heteroatoms. The third kappa shape index (κ3) is 3.64. The van der Waals surface area contributed by atoms with E-state index in [-0.39, 0.29) is 6.61 Å². The lowest BCUT2D eigenvalue weighted by Crippen LogP contribution is -2.19. The van der Waals surface area contributed by atoms with Crippen molar-refractivity contribution >= 4 is 0 Å². The van der Waals surface area contributed by atoms with Crippen LogP contribution in [0.15, 0.2) is 47.1 Å². The number of rotatable bonds is 5. The van der Waals surface area contributed by atoms with E-state index >= 15 is 0 Å². The van der Waals surface area contributed by atoms with Gasteiger partial charge in [-0.05, 0) is 36.8 Å². The molecule has 0 aliphatic heterocycles. The summed E-state index contributed by atoms with van der Waals surface area (Å²) in [5.41, 5.74) is 1.14. The van der Waals surface area contributed by atoms with Crippen LogP contribution in [0.2, 0.25) is 0 Å². The third-order valence-electron chi connectivity index (χ3n) is 2.45. The molecule has 1 atom stereocenters. The number of hydrogen-bond acceptors (Lipinski definition) is 3. The van der Waals surface area contributed by atoms with Crippen molar-refractivity contribution in [1.29, 1.82) is 0 Å². The van der Waals surface area contributed by atoms with Gasteiger partial charge in [0.1, 0.15) is 18.1 Å². The summed E-state index contributed by atoms with van der Waals surface area (Å²) in [7, 11) is 0. The van der Waals surface area contributed by atoms with Crippen LogP contribution >= 0.6 is 0 Å². The molecule has 0 saturated carbocycles. The van der Waals surface area contributed by atoms with Crippen molar-refractivity contribution in [2.45, 2.75) is 19.4 Å². The van der Waals surface area contributed by atoms with Gasteiger partial charge in [0.2, 0.25) is 0 Å². The van der Waals surface area contributed by atoms with Gasteiger partial charge in [-0.2, -0.15) is 0 Å². The fourth-order valence-corrected chi connectivity index (χ4v) is 1.62. The quantitative estimate of drug-likeness (QED) is 0.861. The molecule has 3 nitrogen and oxygen atoms in total. The van der Waals surface area contributed by atoms with Gasteiger partial charge in [-0.15, -0.1) is 0 Å². The van der Waals surface area contributed by atoms with Gasteiger partial charge in [0.25, 0.3) is 0 Å². The molecule has 0 aliphatic rings. The van der Waals surface area contributed by atoms with Gasteiger partial charge in [-0.25, -0.2) is 0 Å². The Kier molecular flexibility index (Phi) is 3.83. The van der Waals surface area contributed by atoms with Crippen molar-refractivity contribution in [2.75, 3.05) is 6.61 Å². The SMILES string of the molecule is Cc1cccc(OCC(O)Cc2ccco2)c1. The van der Waals surface area contributed by atoms with Crippen LogP contribution in [0.3, 0.4) is 0 Å². The molecular formula is C14H16O3. The van der Waals surface area contributed by atoms with Crippen LogP contribution in [0.4, 0.5) is 0 Å². The lowest BCUT2D eigenvalue weighted by Gasteiger charge is -2.11. The number of benzene rings is 1. The van der Waals surface area contributed by atoms with E-state index in [4.69, 9.17) is 9.15 Å². The standard InChI is InChI=1S/C14H16O3/c1-11-4-2-5-13(8-11)17-10-12(15)9-14-6-3-7-16-14/h2-8,12,15H,9-10H2,1H3. The maximum Gasteiger partial charge on any atom is 0.119 e. The van der Waals surface area contributed by atoms with Crippen LogP contribution in [0.5, 0.6) is 5.75 Å². The van der Waals surface area contributed by atoms with Crippen molar-refractivity contribution in [1.82, 2.24) is 0 Å². The van der Waals surface area contributed by atoms with Crippen molar-refractivity contribution in [3.8, 4) is 5.75 Å². The molecule has 1 unspecified atom stereocenters. The maximum absolute atomic E-state index is 9.77. The molecule has 90 valence electrons. The van der Waals surface area contributed by atoms with Gasteiger partial charge in [-0.3, -0.25) is 0 Å². The molecule has 17 heavy (non-hydrogen) atoms. The normalized spacial score (nSPS) is 12.4. The summed E-state index contributed by atoms with van der Waals surface area (Å²) in [6.07, 6.45) is 1.52. The Labute approximate surface area is 101 Å². The molecule has 0 bridgehead atoms. The fraction of sp³-hybridized carbons (Fsp3) is 0.286. The van der Waals surface area contributed by atoms with Crippen molar-refractivity contribution < 1.29 is 14.3 Å². The molecule has 0 saturated heterocycles. The van der Waals surface area contributed by atoms with Crippen molar-refractivity contribution in [2.24, 2.45) is 0 Å². The second kappa shape index (κ2) is 5.55. The minimum atomic E-state index is -0.554. The van der Waals surface area contributed by atoms with Crippen LogP contribution < -0.4 is 4.74 Å². The van der Waals surface area contributed by atoms with Gasteiger partial charge < -0.3 is 14.3 Å². The Morgan fingerprint density at radius 3 is 2.88 bits per heavy atom. The molecule has 2 aromatic rings. The van der Waals surface area contributed by atoms with Gasteiger partial charge in [0.15, 0.2) is 0 Å². The number of aliphatic hydroxyl groups is 1. The van der Waals surface area contributed by atoms with Crippen LogP contribution in [0, 0.1) is 6.92 Å². The Morgan fingerprint density at radius 2 is 2.18 bits per heavy atom. The van der Waals surface area contributed by atoms with E-state index in [1.165, 1.54) is 0 Å². The minimum Gasteiger partial charge on any atom is -0.491 e. The second-order valence-corrected chi connectivity index (χ2v) is 4.06. The summed E-state index contributed by atoms with van der Waals surface area (Å²) >= 11 is 0. The summed E-state index contributed by atoms with van der Waals surface area (Å²) < 4.78 is 10.7. The number of hydrogen-bond donors (Lipinski definition) is 1. The summed E-state index contributed by atoms with van der Waals surface area (Å²) in [4.78, 5) is 0. The zero-order valence-electron chi connectivity index (χ0n) is 9.80. The van der Waals surface area contributed by atoms with Crippen LogP contribution in [0.1, 0.15) is 11.3 Å². The van der Waals surface area contributed by atoms with E-state index in [2.05, 4.69) is 0 Å². The average Bonchev–Trinajstić information content (AvgIpc) is 2.79. The highest BCUT2D eigenvalue weighted by atomic mass is 16.5. The lowest BCUT2D eigenvalue weighted by molar-refractivity contribution is 0.103. The van der Waals surface area contributed by atoms with E-state index in [9.17, 15) is 5.11 Å². The van der Waals surface area contributed by atoms with E-state index < -0.39 is 6.10 Å². The minimum absolute atomic E-state index is 0.268. The molecule has 0 spiro atoms. The molecule has 0 radical (unpaired) electrons. The fourth-order valence-electron chi connectivity index (χ4n) is 1.62. The molecule has 2 rings (SSSR count). The first kappa shape index (κ1) is 11.7. The zero-order chi connectivity index (χ0) is 12.1. The number of aryl methyl sites for hydroxylation is 1. The summed E-state index contributed by atoms with van der Waals surface area (Å²) in [6, 6.07) is 11.4. The smallest absolute Gasteiger partial charge is 0.119 e. The van der Waals surface area contributed by atoms with Gasteiger partial charge >= 0.3 is 0 Å². The molecule has 1 N–H and O–H groups in total. The van der Waals surface area contributed by atoms with E-state index in [0.717, 1.165) is 17.1 Å². The van der Waals surface area contributed by atoms with Crippen molar-refractivity contribution in [3.05, 3.63) is 54.0 Å². The van der Waals surface area contributed by atoms with Crippen LogP contribution in [-0.2, 0) is 6.42 Å². The predicted octanol–water partition coefficient (Wildman–Crippen LogP) is 2.57. The van der Waals surface area contributed by atoms with E-state index in [0.29, 0.717) is 6.42 Å². The summed E-state index contributed by atoms with van der Waals surface area (Å²) in [6.45, 7) is 2.27. The second-order valence-electron chi connectivity index (χ2n) is 4.06. The monoisotopic (exact) mass is 232 g/mol. The highest BCUT2D eigenvalue weighted by molar-refractivity contribution is 5.27. The van der Waals surface area contributed by atoms with Gasteiger partial charge in [0, 0.05) is 6.42 Å². The molecule has 0 fully saturated rings. The highest BCUT2D eigenvalue weighted by Gasteiger charge is 2.08. The Bertz CT molecular complexity index is 448. The molecule has 1 aromatic heterocycles. The van der Waals surface area contributed by atoms with E-state index in [1.807, 2.05) is 43.3 Å². The Hall–Kier alpha value is -1.74. The summed E-state index contributed by atoms with van der Waals surface area (Å²) in [5.74, 6) is 1.55. The van der Waals surface area contributed by atoms with Crippen LogP contribution in [0.25, 0.3) is 0 Å². The van der Waals surface area contributed by atoms with E-state index in [1.54, 1.807) is 6.26 Å². The summed E-state index contributed by atoms with van der Waals surface area (Å²) in [5, 5.41) is 9.77. The largest absolute Gasteiger partial charge is 0.491 e. The van der Waals surface area contributed by atoms with Crippen molar-refractivity contribution in [3.63, 3.8) is 0 Å². The number of aliphatic hydroxyl groups excluding tert-OH is 1. The number of furan rings is 1. The maximum atomic E-state index is 9.77. The lowest BCUT2D eigenvalue weighted by atomic mass is 10.2. The zero-order valence-corrected chi connectivity index (χ0v) is 9.80. The number of ether oxygens (including phenoxy) is 1. The topological polar surface area (TPSA) is 42.6 Å². The first-order valence-corrected chi connectivity index (χ1v) is 5.64. The average molecular weight is 232 g/mol. The molecule has 1 heterocycles.